The van der Waals surface area contributed by atoms with E-state index in [0.29, 0.717) is 45.7 Å². The summed E-state index contributed by atoms with van der Waals surface area (Å²) in [5.41, 5.74) is 0.566. The van der Waals surface area contributed by atoms with Crippen LogP contribution in [0.15, 0.2) is 75.6 Å². The van der Waals surface area contributed by atoms with Crippen molar-refractivity contribution < 1.29 is 4.74 Å². The molecule has 0 spiro atoms. The zero-order chi connectivity index (χ0) is 22.9. The summed E-state index contributed by atoms with van der Waals surface area (Å²) in [6.07, 6.45) is 8.35. The molecule has 1 saturated carbocycles. The summed E-state index contributed by atoms with van der Waals surface area (Å²) in [6, 6.07) is 10.2. The topological polar surface area (TPSA) is 110 Å². The van der Waals surface area contributed by atoms with Crippen LogP contribution in [0.2, 0.25) is 5.02 Å². The minimum Gasteiger partial charge on any atom is -0.493 e. The van der Waals surface area contributed by atoms with E-state index < -0.39 is 11.2 Å². The number of hydrogen-bond acceptors (Lipinski definition) is 5. The first kappa shape index (κ1) is 21.0. The fourth-order valence-corrected chi connectivity index (χ4v) is 3.76. The smallest absolute Gasteiger partial charge is 0.325 e. The Balaban J connectivity index is 1.70. The molecule has 9 heteroatoms. The standard InChI is InChI=1S/C24H19ClN4O4/c25-17-7-18(9-19(8-17)33-13-14-3-4-14)29-12-16(21-11-27-24(32)28-22(21)30)6-20(23(29)31)15-2-1-5-26-10-15/h1-2,5-12,14H,3-4,13H2,(H2,27,28,30,32). The van der Waals surface area contributed by atoms with Crippen LogP contribution in [-0.4, -0.2) is 26.1 Å². The number of aromatic nitrogens is 4. The summed E-state index contributed by atoms with van der Waals surface area (Å²) < 4.78 is 7.29. The van der Waals surface area contributed by atoms with E-state index in [9.17, 15) is 14.4 Å². The van der Waals surface area contributed by atoms with Crippen molar-refractivity contribution in [1.29, 1.82) is 0 Å². The highest BCUT2D eigenvalue weighted by molar-refractivity contribution is 6.30. The zero-order valence-electron chi connectivity index (χ0n) is 17.4. The Morgan fingerprint density at radius 2 is 1.94 bits per heavy atom. The van der Waals surface area contributed by atoms with Crippen LogP contribution < -0.4 is 21.5 Å². The van der Waals surface area contributed by atoms with Crippen molar-refractivity contribution >= 4 is 11.6 Å². The van der Waals surface area contributed by atoms with Crippen molar-refractivity contribution in [3.05, 3.63) is 97.4 Å². The monoisotopic (exact) mass is 462 g/mol. The summed E-state index contributed by atoms with van der Waals surface area (Å²) in [4.78, 5) is 46.2. The van der Waals surface area contributed by atoms with Gasteiger partial charge in [-0.1, -0.05) is 17.7 Å². The van der Waals surface area contributed by atoms with E-state index in [2.05, 4.69) is 15.0 Å². The van der Waals surface area contributed by atoms with Gasteiger partial charge in [0.1, 0.15) is 5.75 Å². The fourth-order valence-electron chi connectivity index (χ4n) is 3.54. The van der Waals surface area contributed by atoms with Gasteiger partial charge in [0, 0.05) is 52.6 Å². The largest absolute Gasteiger partial charge is 0.493 e. The first-order valence-corrected chi connectivity index (χ1v) is 10.8. The van der Waals surface area contributed by atoms with Gasteiger partial charge in [0.05, 0.1) is 17.9 Å². The molecule has 0 radical (unpaired) electrons. The Labute approximate surface area is 192 Å². The minimum absolute atomic E-state index is 0.209. The van der Waals surface area contributed by atoms with E-state index in [1.54, 1.807) is 55.0 Å². The van der Waals surface area contributed by atoms with Crippen LogP contribution in [0.3, 0.4) is 0 Å². The maximum atomic E-state index is 13.5. The molecule has 1 fully saturated rings. The lowest BCUT2D eigenvalue weighted by Crippen LogP contribution is -2.24. The van der Waals surface area contributed by atoms with Gasteiger partial charge >= 0.3 is 5.69 Å². The average Bonchev–Trinajstić information content (AvgIpc) is 3.63. The van der Waals surface area contributed by atoms with Crippen LogP contribution in [-0.2, 0) is 0 Å². The molecular formula is C24H19ClN4O4. The molecule has 3 aromatic heterocycles. The zero-order valence-corrected chi connectivity index (χ0v) is 18.1. The van der Waals surface area contributed by atoms with Crippen molar-refractivity contribution in [2.24, 2.45) is 5.92 Å². The highest BCUT2D eigenvalue weighted by Crippen LogP contribution is 2.31. The van der Waals surface area contributed by atoms with Gasteiger partial charge < -0.3 is 9.72 Å². The molecule has 0 unspecified atom stereocenters. The van der Waals surface area contributed by atoms with Crippen molar-refractivity contribution in [3.8, 4) is 33.7 Å². The molecular weight excluding hydrogens is 444 g/mol. The lowest BCUT2D eigenvalue weighted by molar-refractivity contribution is 0.299. The third-order valence-electron chi connectivity index (χ3n) is 5.44. The molecule has 1 aromatic carbocycles. The molecule has 0 saturated heterocycles. The van der Waals surface area contributed by atoms with E-state index >= 15 is 0 Å². The quantitative estimate of drug-likeness (QED) is 0.456. The predicted octanol–water partition coefficient (Wildman–Crippen LogP) is 3.39. The molecule has 166 valence electrons. The Hall–Kier alpha value is -3.91. The fraction of sp³-hybridized carbons (Fsp3) is 0.167. The summed E-state index contributed by atoms with van der Waals surface area (Å²) in [6.45, 7) is 0.600. The van der Waals surface area contributed by atoms with Crippen LogP contribution in [0.25, 0.3) is 27.9 Å². The molecule has 1 aliphatic rings. The molecule has 0 bridgehead atoms. The maximum absolute atomic E-state index is 13.5. The second kappa shape index (κ2) is 8.55. The Morgan fingerprint density at radius 1 is 1.09 bits per heavy atom. The number of H-pyrrole nitrogens is 2. The van der Waals surface area contributed by atoms with Gasteiger partial charge in [-0.05, 0) is 43.0 Å². The van der Waals surface area contributed by atoms with E-state index in [-0.39, 0.29) is 11.1 Å². The number of nitrogens with one attached hydrogen (secondary N) is 2. The van der Waals surface area contributed by atoms with Gasteiger partial charge in [0.25, 0.3) is 11.1 Å². The molecule has 3 heterocycles. The number of hydrogen-bond donors (Lipinski definition) is 2. The normalized spacial score (nSPS) is 13.1. The molecule has 0 amide bonds. The first-order valence-electron chi connectivity index (χ1n) is 10.4. The van der Waals surface area contributed by atoms with Gasteiger partial charge in [0.2, 0.25) is 0 Å². The van der Waals surface area contributed by atoms with Crippen molar-refractivity contribution in [1.82, 2.24) is 19.5 Å². The number of ether oxygens (including phenoxy) is 1. The maximum Gasteiger partial charge on any atom is 0.325 e. The van der Waals surface area contributed by atoms with Crippen LogP contribution in [0, 0.1) is 5.92 Å². The lowest BCUT2D eigenvalue weighted by Gasteiger charge is -2.14. The van der Waals surface area contributed by atoms with Gasteiger partial charge in [-0.15, -0.1) is 0 Å². The second-order valence-corrected chi connectivity index (χ2v) is 8.38. The van der Waals surface area contributed by atoms with E-state index in [1.807, 2.05) is 0 Å². The highest BCUT2D eigenvalue weighted by atomic mass is 35.5. The van der Waals surface area contributed by atoms with E-state index in [0.717, 1.165) is 12.8 Å². The van der Waals surface area contributed by atoms with E-state index in [4.69, 9.17) is 16.3 Å². The molecule has 33 heavy (non-hydrogen) atoms. The molecule has 5 rings (SSSR count). The van der Waals surface area contributed by atoms with Crippen LogP contribution in [0.1, 0.15) is 12.8 Å². The van der Waals surface area contributed by atoms with Gasteiger partial charge in [0.15, 0.2) is 0 Å². The second-order valence-electron chi connectivity index (χ2n) is 7.94. The first-order chi connectivity index (χ1) is 16.0. The lowest BCUT2D eigenvalue weighted by atomic mass is 10.0. The number of benzene rings is 1. The number of rotatable bonds is 6. The minimum atomic E-state index is -0.614. The number of aromatic amines is 2. The van der Waals surface area contributed by atoms with Gasteiger partial charge in [-0.3, -0.25) is 24.1 Å². The average molecular weight is 463 g/mol. The Kier molecular flexibility index (Phi) is 5.43. The molecule has 1 aliphatic carbocycles. The van der Waals surface area contributed by atoms with Gasteiger partial charge in [-0.25, -0.2) is 4.79 Å². The Morgan fingerprint density at radius 3 is 2.67 bits per heavy atom. The predicted molar refractivity (Wildman–Crippen MR) is 125 cm³/mol. The number of halogens is 1. The summed E-state index contributed by atoms with van der Waals surface area (Å²) in [7, 11) is 0. The van der Waals surface area contributed by atoms with E-state index in [1.165, 1.54) is 10.8 Å². The summed E-state index contributed by atoms with van der Waals surface area (Å²) in [5.74, 6) is 1.12. The van der Waals surface area contributed by atoms with Crippen LogP contribution >= 0.6 is 11.6 Å². The molecule has 0 atom stereocenters. The number of nitrogens with zero attached hydrogens (tertiary/aromatic N) is 2. The molecule has 8 nitrogen and oxygen atoms in total. The third-order valence-corrected chi connectivity index (χ3v) is 5.66. The summed E-state index contributed by atoms with van der Waals surface area (Å²) >= 11 is 6.34. The van der Waals surface area contributed by atoms with Crippen molar-refractivity contribution in [3.63, 3.8) is 0 Å². The van der Waals surface area contributed by atoms with Gasteiger partial charge in [-0.2, -0.15) is 0 Å². The van der Waals surface area contributed by atoms with Crippen LogP contribution in [0.5, 0.6) is 5.75 Å². The summed E-state index contributed by atoms with van der Waals surface area (Å²) in [5, 5.41) is 0.417. The van der Waals surface area contributed by atoms with Crippen molar-refractivity contribution in [2.45, 2.75) is 12.8 Å². The van der Waals surface area contributed by atoms with Crippen molar-refractivity contribution in [2.75, 3.05) is 6.61 Å². The molecule has 0 aliphatic heterocycles. The molecule has 2 N–H and O–H groups in total. The SMILES string of the molecule is O=c1[nH]cc(-c2cc(-c3cccnc3)c(=O)n(-c3cc(Cl)cc(OCC4CC4)c3)c2)c(=O)[nH]1. The number of pyridine rings is 2. The molecule has 4 aromatic rings. The van der Waals surface area contributed by atoms with Crippen LogP contribution in [0.4, 0.5) is 0 Å². The third kappa shape index (κ3) is 4.51. The highest BCUT2D eigenvalue weighted by Gasteiger charge is 2.22. The Bertz CT molecular complexity index is 1500.